The number of carbonyl (C=O) groups excluding carboxylic acids is 2. The second-order valence-corrected chi connectivity index (χ2v) is 2.88. The normalized spacial score (nSPS) is 9.93. The third kappa shape index (κ3) is 3.41. The van der Waals surface area contributed by atoms with Crippen molar-refractivity contribution in [1.29, 1.82) is 0 Å². The van der Waals surface area contributed by atoms with Gasteiger partial charge in [-0.25, -0.2) is 0 Å². The quantitative estimate of drug-likeness (QED) is 0.691. The highest BCUT2D eigenvalue weighted by molar-refractivity contribution is 5.90. The van der Waals surface area contributed by atoms with Crippen molar-refractivity contribution >= 4 is 11.9 Å². The summed E-state index contributed by atoms with van der Waals surface area (Å²) in [5, 5.41) is 3.88. The predicted molar refractivity (Wildman–Crippen MR) is 52.0 cm³/mol. The Morgan fingerprint density at radius 2 is 2.33 bits per heavy atom. The molecule has 0 atom stereocenters. The topological polar surface area (TPSA) is 87.2 Å². The summed E-state index contributed by atoms with van der Waals surface area (Å²) >= 11 is 0. The average molecular weight is 211 g/mol. The minimum atomic E-state index is -0.579. The lowest BCUT2D eigenvalue weighted by Gasteiger charge is -2.01. The maximum atomic E-state index is 11.0. The van der Waals surface area contributed by atoms with E-state index in [1.807, 2.05) is 0 Å². The molecule has 0 saturated carbocycles. The van der Waals surface area contributed by atoms with Crippen LogP contribution in [0.15, 0.2) is 12.3 Å². The standard InChI is InChI=1S/C9H13N3O3/c1-2-15-8(13)4-6-12-5-3-7(11-12)9(10)14/h3,5H,2,4,6H2,1H3,(H2,10,14). The molecule has 1 aromatic heterocycles. The number of hydrogen-bond donors (Lipinski definition) is 1. The lowest BCUT2D eigenvalue weighted by Crippen LogP contribution is -2.13. The van der Waals surface area contributed by atoms with Gasteiger partial charge in [0.15, 0.2) is 0 Å². The smallest absolute Gasteiger partial charge is 0.307 e. The average Bonchev–Trinajstić information content (AvgIpc) is 2.63. The molecule has 0 aliphatic rings. The number of ether oxygens (including phenoxy) is 1. The van der Waals surface area contributed by atoms with E-state index in [4.69, 9.17) is 10.5 Å². The van der Waals surface area contributed by atoms with Crippen LogP contribution < -0.4 is 5.73 Å². The van der Waals surface area contributed by atoms with Gasteiger partial charge in [-0.1, -0.05) is 0 Å². The number of hydrogen-bond acceptors (Lipinski definition) is 4. The highest BCUT2D eigenvalue weighted by Gasteiger charge is 2.06. The van der Waals surface area contributed by atoms with E-state index in [0.29, 0.717) is 13.2 Å². The van der Waals surface area contributed by atoms with E-state index < -0.39 is 5.91 Å². The zero-order chi connectivity index (χ0) is 11.3. The Hall–Kier alpha value is -1.85. The van der Waals surface area contributed by atoms with Gasteiger partial charge < -0.3 is 10.5 Å². The van der Waals surface area contributed by atoms with Crippen LogP contribution in [-0.2, 0) is 16.1 Å². The zero-order valence-corrected chi connectivity index (χ0v) is 8.47. The second kappa shape index (κ2) is 5.14. The van der Waals surface area contributed by atoms with E-state index in [-0.39, 0.29) is 18.1 Å². The number of amides is 1. The first-order valence-corrected chi connectivity index (χ1v) is 4.62. The Morgan fingerprint density at radius 1 is 1.60 bits per heavy atom. The molecule has 1 aromatic rings. The fourth-order valence-electron chi connectivity index (χ4n) is 1.06. The molecule has 0 radical (unpaired) electrons. The Morgan fingerprint density at radius 3 is 2.87 bits per heavy atom. The summed E-state index contributed by atoms with van der Waals surface area (Å²) in [6, 6.07) is 1.51. The van der Waals surface area contributed by atoms with Crippen LogP contribution in [0.2, 0.25) is 0 Å². The van der Waals surface area contributed by atoms with Crippen LogP contribution in [0.3, 0.4) is 0 Å². The Kier molecular flexibility index (Phi) is 3.84. The van der Waals surface area contributed by atoms with Gasteiger partial charge in [-0.3, -0.25) is 14.3 Å². The molecule has 0 saturated heterocycles. The molecule has 15 heavy (non-hydrogen) atoms. The lowest BCUT2D eigenvalue weighted by molar-refractivity contribution is -0.143. The van der Waals surface area contributed by atoms with Crippen molar-refractivity contribution in [2.45, 2.75) is 19.9 Å². The summed E-state index contributed by atoms with van der Waals surface area (Å²) in [6.45, 7) is 2.49. The van der Waals surface area contributed by atoms with Gasteiger partial charge >= 0.3 is 5.97 Å². The van der Waals surface area contributed by atoms with E-state index in [0.717, 1.165) is 0 Å². The van der Waals surface area contributed by atoms with Crippen molar-refractivity contribution in [3.05, 3.63) is 18.0 Å². The van der Waals surface area contributed by atoms with Crippen LogP contribution >= 0.6 is 0 Å². The Balaban J connectivity index is 2.44. The molecule has 0 aliphatic carbocycles. The van der Waals surface area contributed by atoms with E-state index in [1.165, 1.54) is 10.7 Å². The van der Waals surface area contributed by atoms with E-state index in [1.54, 1.807) is 13.1 Å². The number of nitrogens with two attached hydrogens (primary N) is 1. The molecule has 2 N–H and O–H groups in total. The molecule has 0 fully saturated rings. The molecule has 6 heteroatoms. The minimum Gasteiger partial charge on any atom is -0.466 e. The molecule has 1 amide bonds. The predicted octanol–water partition coefficient (Wildman–Crippen LogP) is -0.0648. The highest BCUT2D eigenvalue weighted by Crippen LogP contribution is 1.97. The van der Waals surface area contributed by atoms with Gasteiger partial charge in [0.25, 0.3) is 5.91 Å². The van der Waals surface area contributed by atoms with Crippen LogP contribution in [0, 0.1) is 0 Å². The molecular weight excluding hydrogens is 198 g/mol. The highest BCUT2D eigenvalue weighted by atomic mass is 16.5. The molecule has 6 nitrogen and oxygen atoms in total. The minimum absolute atomic E-state index is 0.193. The van der Waals surface area contributed by atoms with E-state index in [2.05, 4.69) is 5.10 Å². The van der Waals surface area contributed by atoms with Crippen LogP contribution in [-0.4, -0.2) is 28.3 Å². The third-order valence-corrected chi connectivity index (χ3v) is 1.74. The molecule has 0 bridgehead atoms. The molecule has 0 aromatic carbocycles. The van der Waals surface area contributed by atoms with Gasteiger partial charge in [0, 0.05) is 6.20 Å². The van der Waals surface area contributed by atoms with Gasteiger partial charge in [0.1, 0.15) is 5.69 Å². The van der Waals surface area contributed by atoms with E-state index >= 15 is 0 Å². The molecule has 1 heterocycles. The van der Waals surface area contributed by atoms with Crippen LogP contribution in [0.4, 0.5) is 0 Å². The van der Waals surface area contributed by atoms with Crippen molar-refractivity contribution in [3.63, 3.8) is 0 Å². The number of rotatable bonds is 5. The zero-order valence-electron chi connectivity index (χ0n) is 8.47. The Labute approximate surface area is 87.0 Å². The summed E-state index contributed by atoms with van der Waals surface area (Å²) < 4.78 is 6.23. The summed E-state index contributed by atoms with van der Waals surface area (Å²) in [6.07, 6.45) is 1.83. The monoisotopic (exact) mass is 211 g/mol. The molecule has 0 spiro atoms. The van der Waals surface area contributed by atoms with Crippen molar-refractivity contribution in [1.82, 2.24) is 9.78 Å². The summed E-state index contributed by atoms with van der Waals surface area (Å²) in [5.41, 5.74) is 5.22. The Bertz CT molecular complexity index is 359. The molecular formula is C9H13N3O3. The second-order valence-electron chi connectivity index (χ2n) is 2.88. The van der Waals surface area contributed by atoms with Crippen LogP contribution in [0.1, 0.15) is 23.8 Å². The van der Waals surface area contributed by atoms with Crippen molar-refractivity contribution in [3.8, 4) is 0 Å². The first kappa shape index (κ1) is 11.2. The number of primary amides is 1. The number of aryl methyl sites for hydroxylation is 1. The first-order chi connectivity index (χ1) is 7.13. The SMILES string of the molecule is CCOC(=O)CCn1ccc(C(N)=O)n1. The van der Waals surface area contributed by atoms with E-state index in [9.17, 15) is 9.59 Å². The van der Waals surface area contributed by atoms with Gasteiger partial charge in [0.05, 0.1) is 19.6 Å². The summed E-state index contributed by atoms with van der Waals surface area (Å²) in [7, 11) is 0. The summed E-state index contributed by atoms with van der Waals surface area (Å²) in [5.74, 6) is -0.862. The number of aromatic nitrogens is 2. The lowest BCUT2D eigenvalue weighted by atomic mass is 10.4. The summed E-state index contributed by atoms with van der Waals surface area (Å²) in [4.78, 5) is 21.7. The van der Waals surface area contributed by atoms with Crippen molar-refractivity contribution < 1.29 is 14.3 Å². The van der Waals surface area contributed by atoms with Crippen molar-refractivity contribution in [2.24, 2.45) is 5.73 Å². The number of carbonyl (C=O) groups is 2. The largest absolute Gasteiger partial charge is 0.466 e. The maximum absolute atomic E-state index is 11.0. The van der Waals surface area contributed by atoms with Gasteiger partial charge in [-0.15, -0.1) is 0 Å². The fourth-order valence-corrected chi connectivity index (χ4v) is 1.06. The molecule has 1 rings (SSSR count). The maximum Gasteiger partial charge on any atom is 0.307 e. The first-order valence-electron chi connectivity index (χ1n) is 4.62. The number of esters is 1. The van der Waals surface area contributed by atoms with Gasteiger partial charge in [-0.2, -0.15) is 5.10 Å². The molecule has 0 unspecified atom stereocenters. The molecule has 82 valence electrons. The van der Waals surface area contributed by atoms with Crippen LogP contribution in [0.5, 0.6) is 0 Å². The third-order valence-electron chi connectivity index (χ3n) is 1.74. The van der Waals surface area contributed by atoms with Gasteiger partial charge in [0.2, 0.25) is 0 Å². The van der Waals surface area contributed by atoms with Crippen molar-refractivity contribution in [2.75, 3.05) is 6.61 Å². The fraction of sp³-hybridized carbons (Fsp3) is 0.444. The van der Waals surface area contributed by atoms with Gasteiger partial charge in [-0.05, 0) is 13.0 Å². The number of nitrogens with zero attached hydrogens (tertiary/aromatic N) is 2. The molecule has 0 aliphatic heterocycles. The van der Waals surface area contributed by atoms with Crippen LogP contribution in [0.25, 0.3) is 0 Å².